The van der Waals surface area contributed by atoms with E-state index in [9.17, 15) is 22.8 Å². The molecule has 26 heavy (non-hydrogen) atoms. The van der Waals surface area contributed by atoms with Crippen LogP contribution in [0.3, 0.4) is 0 Å². The third-order valence-electron chi connectivity index (χ3n) is 4.43. The van der Waals surface area contributed by atoms with Gasteiger partial charge < -0.3 is 10.4 Å². The van der Waals surface area contributed by atoms with E-state index >= 15 is 0 Å². The molecule has 0 heterocycles. The molecule has 1 aliphatic rings. The van der Waals surface area contributed by atoms with Crippen molar-refractivity contribution in [2.24, 2.45) is 11.8 Å². The number of benzene rings is 1. The average Bonchev–Trinajstić information content (AvgIpc) is 2.58. The van der Waals surface area contributed by atoms with Crippen LogP contribution < -0.4 is 5.32 Å². The van der Waals surface area contributed by atoms with Gasteiger partial charge in [-0.2, -0.15) is 24.9 Å². The second-order valence-corrected chi connectivity index (χ2v) is 7.59. The molecule has 0 saturated heterocycles. The maximum atomic E-state index is 12.9. The van der Waals surface area contributed by atoms with E-state index in [1.54, 1.807) is 18.2 Å². The normalized spacial score (nSPS) is 20.6. The lowest BCUT2D eigenvalue weighted by Gasteiger charge is -2.29. The summed E-state index contributed by atoms with van der Waals surface area (Å²) in [6.07, 6.45) is -3.34. The van der Waals surface area contributed by atoms with Crippen molar-refractivity contribution in [2.45, 2.75) is 44.0 Å². The van der Waals surface area contributed by atoms with Gasteiger partial charge in [0.05, 0.1) is 12.3 Å². The van der Waals surface area contributed by atoms with Crippen LogP contribution in [0.15, 0.2) is 24.3 Å². The van der Waals surface area contributed by atoms with Crippen LogP contribution in [-0.4, -0.2) is 28.9 Å². The Kier molecular flexibility index (Phi) is 7.37. The highest BCUT2D eigenvalue weighted by Gasteiger charge is 2.43. The van der Waals surface area contributed by atoms with Crippen LogP contribution in [0.1, 0.15) is 37.7 Å². The summed E-state index contributed by atoms with van der Waals surface area (Å²) in [4.78, 5) is 22.8. The van der Waals surface area contributed by atoms with Gasteiger partial charge in [-0.15, -0.1) is 0 Å². The highest BCUT2D eigenvalue weighted by Crippen LogP contribution is 2.40. The first-order valence-corrected chi connectivity index (χ1v) is 9.67. The van der Waals surface area contributed by atoms with Crippen LogP contribution in [0, 0.1) is 11.8 Å². The van der Waals surface area contributed by atoms with Crippen LogP contribution in [-0.2, 0) is 15.3 Å². The Labute approximate surface area is 154 Å². The van der Waals surface area contributed by atoms with Crippen molar-refractivity contribution in [3.63, 3.8) is 0 Å². The van der Waals surface area contributed by atoms with Gasteiger partial charge in [-0.05, 0) is 37.0 Å². The molecule has 2 rings (SSSR count). The summed E-state index contributed by atoms with van der Waals surface area (Å²) in [5.41, 5.74) is 1.48. The van der Waals surface area contributed by atoms with Gasteiger partial charge in [-0.3, -0.25) is 9.59 Å². The Morgan fingerprint density at radius 3 is 2.73 bits per heavy atom. The zero-order valence-electron chi connectivity index (χ0n) is 14.2. The minimum Gasteiger partial charge on any atom is -0.481 e. The number of nitrogens with one attached hydrogen (secondary N) is 1. The first-order valence-electron chi connectivity index (χ1n) is 8.51. The van der Waals surface area contributed by atoms with E-state index in [0.717, 1.165) is 5.56 Å². The third kappa shape index (κ3) is 6.55. The van der Waals surface area contributed by atoms with Gasteiger partial charge in [0, 0.05) is 23.1 Å². The van der Waals surface area contributed by atoms with Crippen LogP contribution in [0.5, 0.6) is 0 Å². The van der Waals surface area contributed by atoms with Gasteiger partial charge >= 0.3 is 12.1 Å². The number of hydrogen-bond donors (Lipinski definition) is 2. The molecule has 8 heteroatoms. The number of carbonyl (C=O) groups is 2. The topological polar surface area (TPSA) is 66.4 Å². The Bertz CT molecular complexity index is 636. The van der Waals surface area contributed by atoms with Crippen LogP contribution >= 0.6 is 11.8 Å². The van der Waals surface area contributed by atoms with Crippen molar-refractivity contribution in [1.29, 1.82) is 0 Å². The molecule has 4 nitrogen and oxygen atoms in total. The number of amides is 1. The number of rotatable bonds is 7. The SMILES string of the molecule is O=C(O)CCSCc1cccc(NC(=O)C2CCCC(C(F)(F)F)C2)c1. The second kappa shape index (κ2) is 9.30. The molecule has 1 aromatic carbocycles. The van der Waals surface area contributed by atoms with E-state index in [1.807, 2.05) is 6.07 Å². The highest BCUT2D eigenvalue weighted by molar-refractivity contribution is 7.98. The average molecular weight is 389 g/mol. The molecule has 1 amide bonds. The van der Waals surface area contributed by atoms with Gasteiger partial charge in [0.2, 0.25) is 5.91 Å². The summed E-state index contributed by atoms with van der Waals surface area (Å²) in [6, 6.07) is 7.11. The number of carbonyl (C=O) groups excluding carboxylic acids is 1. The molecule has 2 atom stereocenters. The number of carboxylic acid groups (broad SMARTS) is 1. The maximum Gasteiger partial charge on any atom is 0.391 e. The number of hydrogen-bond acceptors (Lipinski definition) is 3. The van der Waals surface area contributed by atoms with E-state index in [2.05, 4.69) is 5.32 Å². The Morgan fingerprint density at radius 2 is 2.04 bits per heavy atom. The highest BCUT2D eigenvalue weighted by atomic mass is 32.2. The lowest BCUT2D eigenvalue weighted by atomic mass is 9.80. The van der Waals surface area contributed by atoms with E-state index < -0.39 is 24.0 Å². The summed E-state index contributed by atoms with van der Waals surface area (Å²) < 4.78 is 38.7. The monoisotopic (exact) mass is 389 g/mol. The summed E-state index contributed by atoms with van der Waals surface area (Å²) in [5.74, 6) is -2.13. The van der Waals surface area contributed by atoms with E-state index in [0.29, 0.717) is 30.0 Å². The van der Waals surface area contributed by atoms with Crippen LogP contribution in [0.4, 0.5) is 18.9 Å². The first kappa shape index (κ1) is 20.6. The molecule has 0 spiro atoms. The lowest BCUT2D eigenvalue weighted by molar-refractivity contribution is -0.185. The minimum absolute atomic E-state index is 0.0865. The van der Waals surface area contributed by atoms with E-state index in [4.69, 9.17) is 5.11 Å². The molecular formula is C18H22F3NO3S. The molecule has 1 saturated carbocycles. The molecule has 0 bridgehead atoms. The summed E-state index contributed by atoms with van der Waals surface area (Å²) in [5, 5.41) is 11.3. The van der Waals surface area contributed by atoms with Crippen LogP contribution in [0.25, 0.3) is 0 Å². The summed E-state index contributed by atoms with van der Waals surface area (Å²) >= 11 is 1.47. The molecule has 2 N–H and O–H groups in total. The smallest absolute Gasteiger partial charge is 0.391 e. The Hall–Kier alpha value is -1.70. The third-order valence-corrected chi connectivity index (χ3v) is 5.46. The zero-order valence-corrected chi connectivity index (χ0v) is 15.0. The number of carboxylic acids is 1. The largest absolute Gasteiger partial charge is 0.481 e. The number of thioether (sulfide) groups is 1. The standard InChI is InChI=1S/C18H22F3NO3S/c19-18(20,21)14-5-2-4-13(10-14)17(25)22-15-6-1-3-12(9-15)11-26-8-7-16(23)24/h1,3,6,9,13-14H,2,4-5,7-8,10-11H2,(H,22,25)(H,23,24). The Balaban J connectivity index is 1.88. The van der Waals surface area contributed by atoms with Gasteiger partial charge in [0.1, 0.15) is 0 Å². The maximum absolute atomic E-state index is 12.9. The van der Waals surface area contributed by atoms with Crippen molar-refractivity contribution in [1.82, 2.24) is 0 Å². The van der Waals surface area contributed by atoms with Gasteiger partial charge in [0.25, 0.3) is 0 Å². The molecule has 1 aromatic rings. The molecule has 0 aliphatic heterocycles. The van der Waals surface area contributed by atoms with Crippen molar-refractivity contribution in [3.05, 3.63) is 29.8 Å². The lowest BCUT2D eigenvalue weighted by Crippen LogP contribution is -2.34. The fourth-order valence-electron chi connectivity index (χ4n) is 3.06. The number of alkyl halides is 3. The number of halogens is 3. The van der Waals surface area contributed by atoms with Gasteiger partial charge in [-0.25, -0.2) is 0 Å². The predicted octanol–water partition coefficient (Wildman–Crippen LogP) is 4.70. The number of anilines is 1. The zero-order chi connectivity index (χ0) is 19.2. The molecule has 1 aliphatic carbocycles. The number of aliphatic carboxylic acids is 1. The molecule has 0 aromatic heterocycles. The molecule has 1 fully saturated rings. The fourth-order valence-corrected chi connectivity index (χ4v) is 3.94. The summed E-state index contributed by atoms with van der Waals surface area (Å²) in [6.45, 7) is 0. The van der Waals surface area contributed by atoms with Crippen molar-refractivity contribution < 1.29 is 27.9 Å². The van der Waals surface area contributed by atoms with Crippen LogP contribution in [0.2, 0.25) is 0 Å². The molecule has 144 valence electrons. The second-order valence-electron chi connectivity index (χ2n) is 6.49. The fraction of sp³-hybridized carbons (Fsp3) is 0.556. The van der Waals surface area contributed by atoms with Crippen molar-refractivity contribution >= 4 is 29.3 Å². The van der Waals surface area contributed by atoms with Gasteiger partial charge in [-0.1, -0.05) is 18.6 Å². The first-order chi connectivity index (χ1) is 12.3. The van der Waals surface area contributed by atoms with Gasteiger partial charge in [0.15, 0.2) is 0 Å². The Morgan fingerprint density at radius 1 is 1.27 bits per heavy atom. The molecular weight excluding hydrogens is 367 g/mol. The predicted molar refractivity (Wildman–Crippen MR) is 95.0 cm³/mol. The molecule has 2 unspecified atom stereocenters. The van der Waals surface area contributed by atoms with E-state index in [1.165, 1.54) is 11.8 Å². The quantitative estimate of drug-likeness (QED) is 0.664. The minimum atomic E-state index is -4.24. The van der Waals surface area contributed by atoms with Crippen molar-refractivity contribution in [2.75, 3.05) is 11.1 Å². The van der Waals surface area contributed by atoms with E-state index in [-0.39, 0.29) is 25.2 Å². The summed E-state index contributed by atoms with van der Waals surface area (Å²) in [7, 11) is 0. The molecule has 0 radical (unpaired) electrons. The van der Waals surface area contributed by atoms with Crippen molar-refractivity contribution in [3.8, 4) is 0 Å².